The molecule has 0 aliphatic rings. The molecule has 1 heterocycles. The summed E-state index contributed by atoms with van der Waals surface area (Å²) in [4.78, 5) is 15.1. The number of benzene rings is 8. The Morgan fingerprint density at radius 1 is 0.250 bits per heavy atom. The first-order valence-electron chi connectivity index (χ1n) is 16.2. The molecule has 0 aliphatic carbocycles. The number of hydrogen-bond donors (Lipinski definition) is 0. The van der Waals surface area contributed by atoms with Crippen LogP contribution in [0.5, 0.6) is 0 Å². The van der Waals surface area contributed by atoms with Crippen LogP contribution in [0.25, 0.3) is 88.7 Å². The third-order valence-corrected chi connectivity index (χ3v) is 9.14. The van der Waals surface area contributed by atoms with Gasteiger partial charge in [-0.25, -0.2) is 15.0 Å². The molecule has 224 valence electrons. The fourth-order valence-corrected chi connectivity index (χ4v) is 6.71. The summed E-state index contributed by atoms with van der Waals surface area (Å²) in [5.74, 6) is 1.95. The summed E-state index contributed by atoms with van der Waals surface area (Å²) >= 11 is 0. The van der Waals surface area contributed by atoms with Crippen LogP contribution in [0.15, 0.2) is 176 Å². The number of rotatable bonds is 5. The fraction of sp³-hybridized carbons (Fsp3) is 0. The highest BCUT2D eigenvalue weighted by molar-refractivity contribution is 6.17. The van der Waals surface area contributed by atoms with Crippen molar-refractivity contribution in [2.24, 2.45) is 0 Å². The third-order valence-electron chi connectivity index (χ3n) is 9.14. The lowest BCUT2D eigenvalue weighted by atomic mass is 9.94. The summed E-state index contributed by atoms with van der Waals surface area (Å²) in [6.45, 7) is 0. The van der Waals surface area contributed by atoms with Gasteiger partial charge in [-0.15, -0.1) is 0 Å². The highest BCUT2D eigenvalue weighted by Gasteiger charge is 2.15. The molecule has 8 aromatic carbocycles. The van der Waals surface area contributed by atoms with Crippen molar-refractivity contribution in [3.63, 3.8) is 0 Å². The summed E-state index contributed by atoms with van der Waals surface area (Å²) in [5, 5.41) is 7.33. The maximum atomic E-state index is 5.08. The van der Waals surface area contributed by atoms with Crippen LogP contribution in [0.3, 0.4) is 0 Å². The average molecular weight is 612 g/mol. The van der Waals surface area contributed by atoms with Gasteiger partial charge < -0.3 is 0 Å². The van der Waals surface area contributed by atoms with Crippen molar-refractivity contribution in [3.8, 4) is 56.4 Å². The summed E-state index contributed by atoms with van der Waals surface area (Å²) in [6, 6.07) is 61.7. The van der Waals surface area contributed by atoms with Crippen LogP contribution in [0.4, 0.5) is 0 Å². The Hall–Kier alpha value is -6.45. The van der Waals surface area contributed by atoms with Crippen molar-refractivity contribution < 1.29 is 0 Å². The van der Waals surface area contributed by atoms with E-state index in [1.54, 1.807) is 0 Å². The molecule has 3 heteroatoms. The van der Waals surface area contributed by atoms with Crippen LogP contribution in [-0.4, -0.2) is 15.0 Å². The summed E-state index contributed by atoms with van der Waals surface area (Å²) in [7, 11) is 0. The lowest BCUT2D eigenvalue weighted by Crippen LogP contribution is -2.00. The maximum Gasteiger partial charge on any atom is 0.164 e. The minimum atomic E-state index is 0.644. The van der Waals surface area contributed by atoms with Crippen molar-refractivity contribution in [2.75, 3.05) is 0 Å². The van der Waals surface area contributed by atoms with Gasteiger partial charge >= 0.3 is 0 Å². The molecule has 0 radical (unpaired) electrons. The van der Waals surface area contributed by atoms with E-state index in [1.807, 2.05) is 30.3 Å². The van der Waals surface area contributed by atoms with Crippen LogP contribution in [-0.2, 0) is 0 Å². The second kappa shape index (κ2) is 11.7. The number of nitrogens with zero attached hydrogens (tertiary/aromatic N) is 3. The van der Waals surface area contributed by atoms with Gasteiger partial charge in [-0.1, -0.05) is 170 Å². The van der Waals surface area contributed by atoms with E-state index in [4.69, 9.17) is 15.0 Å². The first kappa shape index (κ1) is 27.8. The SMILES string of the molecule is c1ccc(-c2nc(-c3ccc(-c4ccccc4-c4ccccc4)cc3)nc(-c3ccc4ccc5c6ccccc6ccc5c4c3)n2)cc1. The molecule has 0 N–H and O–H groups in total. The Bertz CT molecular complexity index is 2590. The van der Waals surface area contributed by atoms with Gasteiger partial charge in [0.1, 0.15) is 0 Å². The Balaban J connectivity index is 1.17. The van der Waals surface area contributed by atoms with Gasteiger partial charge in [0.15, 0.2) is 17.5 Å². The van der Waals surface area contributed by atoms with E-state index in [0.717, 1.165) is 22.3 Å². The highest BCUT2D eigenvalue weighted by Crippen LogP contribution is 2.35. The largest absolute Gasteiger partial charge is 0.208 e. The summed E-state index contributed by atoms with van der Waals surface area (Å²) in [5.41, 5.74) is 7.58. The van der Waals surface area contributed by atoms with Gasteiger partial charge in [0.05, 0.1) is 0 Å². The Morgan fingerprint density at radius 2 is 0.667 bits per heavy atom. The zero-order valence-electron chi connectivity index (χ0n) is 26.1. The molecule has 9 rings (SSSR count). The fourth-order valence-electron chi connectivity index (χ4n) is 6.71. The molecule has 0 saturated carbocycles. The number of hydrogen-bond acceptors (Lipinski definition) is 3. The molecular formula is C45H29N3. The molecule has 0 atom stereocenters. The van der Waals surface area contributed by atoms with Crippen LogP contribution in [0.1, 0.15) is 0 Å². The Morgan fingerprint density at radius 3 is 1.33 bits per heavy atom. The van der Waals surface area contributed by atoms with Gasteiger partial charge in [-0.2, -0.15) is 0 Å². The van der Waals surface area contributed by atoms with Gasteiger partial charge in [0.25, 0.3) is 0 Å². The highest BCUT2D eigenvalue weighted by atomic mass is 15.0. The molecule has 0 saturated heterocycles. The van der Waals surface area contributed by atoms with Crippen molar-refractivity contribution in [1.29, 1.82) is 0 Å². The van der Waals surface area contributed by atoms with E-state index in [1.165, 1.54) is 49.0 Å². The predicted octanol–water partition coefficient (Wildman–Crippen LogP) is 11.7. The number of fused-ring (bicyclic) bond motifs is 5. The quantitative estimate of drug-likeness (QED) is 0.182. The van der Waals surface area contributed by atoms with Gasteiger partial charge in [0, 0.05) is 16.7 Å². The zero-order chi connectivity index (χ0) is 31.9. The van der Waals surface area contributed by atoms with E-state index in [9.17, 15) is 0 Å². The average Bonchev–Trinajstić information content (AvgIpc) is 3.18. The Kier molecular flexibility index (Phi) is 6.80. The predicted molar refractivity (Wildman–Crippen MR) is 200 cm³/mol. The van der Waals surface area contributed by atoms with Crippen molar-refractivity contribution in [3.05, 3.63) is 176 Å². The second-order valence-electron chi connectivity index (χ2n) is 12.0. The first-order chi connectivity index (χ1) is 23.8. The number of aromatic nitrogens is 3. The molecule has 0 fully saturated rings. The Labute approximate surface area is 278 Å². The molecule has 0 unspecified atom stereocenters. The molecular weight excluding hydrogens is 583 g/mol. The second-order valence-corrected chi connectivity index (χ2v) is 12.0. The normalized spacial score (nSPS) is 11.3. The van der Waals surface area contributed by atoms with E-state index < -0.39 is 0 Å². The van der Waals surface area contributed by atoms with Crippen LogP contribution >= 0.6 is 0 Å². The molecule has 0 aliphatic heterocycles. The molecule has 9 aromatic rings. The third kappa shape index (κ3) is 4.99. The minimum Gasteiger partial charge on any atom is -0.208 e. The van der Waals surface area contributed by atoms with Crippen molar-refractivity contribution >= 4 is 32.3 Å². The minimum absolute atomic E-state index is 0.644. The van der Waals surface area contributed by atoms with Crippen LogP contribution < -0.4 is 0 Å². The van der Waals surface area contributed by atoms with Crippen molar-refractivity contribution in [1.82, 2.24) is 15.0 Å². The van der Waals surface area contributed by atoms with Crippen LogP contribution in [0, 0.1) is 0 Å². The van der Waals surface area contributed by atoms with E-state index in [0.29, 0.717) is 17.5 Å². The summed E-state index contributed by atoms with van der Waals surface area (Å²) < 4.78 is 0. The van der Waals surface area contributed by atoms with E-state index >= 15 is 0 Å². The molecule has 48 heavy (non-hydrogen) atoms. The van der Waals surface area contributed by atoms with Crippen LogP contribution in [0.2, 0.25) is 0 Å². The molecule has 3 nitrogen and oxygen atoms in total. The zero-order valence-corrected chi connectivity index (χ0v) is 26.1. The molecule has 0 spiro atoms. The molecule has 1 aromatic heterocycles. The van der Waals surface area contributed by atoms with E-state index in [2.05, 4.69) is 146 Å². The topological polar surface area (TPSA) is 38.7 Å². The summed E-state index contributed by atoms with van der Waals surface area (Å²) in [6.07, 6.45) is 0. The maximum absolute atomic E-state index is 5.08. The van der Waals surface area contributed by atoms with Gasteiger partial charge in [0.2, 0.25) is 0 Å². The lowest BCUT2D eigenvalue weighted by Gasteiger charge is -2.12. The van der Waals surface area contributed by atoms with Gasteiger partial charge in [-0.05, 0) is 60.6 Å². The monoisotopic (exact) mass is 611 g/mol. The van der Waals surface area contributed by atoms with Crippen molar-refractivity contribution in [2.45, 2.75) is 0 Å². The molecule has 0 bridgehead atoms. The van der Waals surface area contributed by atoms with Gasteiger partial charge in [-0.3, -0.25) is 0 Å². The first-order valence-corrected chi connectivity index (χ1v) is 16.2. The molecule has 0 amide bonds. The van der Waals surface area contributed by atoms with E-state index in [-0.39, 0.29) is 0 Å². The smallest absolute Gasteiger partial charge is 0.164 e. The standard InChI is InChI=1S/C45H29N3/c1-3-11-30(12-4-1)37-16-9-10-17-38(37)32-19-22-35(23-20-32)44-46-43(34-14-5-2-6-15-34)47-45(48-44)36-24-21-33-26-27-40-39-18-8-7-13-31(39)25-28-41(40)42(33)29-36/h1-29H. The lowest BCUT2D eigenvalue weighted by molar-refractivity contribution is 1.07.